The van der Waals surface area contributed by atoms with Crippen molar-refractivity contribution in [1.29, 1.82) is 0 Å². The van der Waals surface area contributed by atoms with Crippen molar-refractivity contribution in [3.05, 3.63) is 71.5 Å². The van der Waals surface area contributed by atoms with Gasteiger partial charge in [-0.1, -0.05) is 35.5 Å². The molecule has 2 aromatic carbocycles. The highest BCUT2D eigenvalue weighted by molar-refractivity contribution is 6.45. The van der Waals surface area contributed by atoms with Crippen molar-refractivity contribution in [2.24, 2.45) is 5.92 Å². The van der Waals surface area contributed by atoms with Crippen LogP contribution in [0.2, 0.25) is 0 Å². The summed E-state index contributed by atoms with van der Waals surface area (Å²) in [5.74, 6) is -0.725. The Morgan fingerprint density at radius 1 is 1.18 bits per heavy atom. The summed E-state index contributed by atoms with van der Waals surface area (Å²) >= 11 is 0. The minimum absolute atomic E-state index is 0.0773. The van der Waals surface area contributed by atoms with Crippen molar-refractivity contribution >= 4 is 22.6 Å². The van der Waals surface area contributed by atoms with Gasteiger partial charge in [0.05, 0.1) is 11.1 Å². The maximum absolute atomic E-state index is 14.0. The van der Waals surface area contributed by atoms with E-state index in [1.807, 2.05) is 31.2 Å². The number of fused-ring (bicyclic) bond motifs is 1. The summed E-state index contributed by atoms with van der Waals surface area (Å²) < 4.78 is 19.3. The number of amides is 1. The molecular formula is C25H23FN4O3. The van der Waals surface area contributed by atoms with Crippen LogP contribution in [-0.4, -0.2) is 44.8 Å². The predicted octanol–water partition coefficient (Wildman–Crippen LogP) is 4.33. The van der Waals surface area contributed by atoms with Gasteiger partial charge in [-0.2, -0.15) is 4.98 Å². The number of rotatable bonds is 5. The van der Waals surface area contributed by atoms with Gasteiger partial charge in [-0.15, -0.1) is 0 Å². The number of aromatic nitrogens is 3. The number of benzene rings is 2. The number of hydrogen-bond acceptors (Lipinski definition) is 5. The first-order valence-corrected chi connectivity index (χ1v) is 11.0. The van der Waals surface area contributed by atoms with E-state index in [-0.39, 0.29) is 17.3 Å². The number of carbonyl (C=O) groups excluding carboxylic acids is 2. The number of piperidine rings is 1. The van der Waals surface area contributed by atoms with Crippen molar-refractivity contribution in [2.45, 2.75) is 26.2 Å². The summed E-state index contributed by atoms with van der Waals surface area (Å²) in [5.41, 5.74) is 2.25. The second kappa shape index (κ2) is 8.61. The molecule has 0 spiro atoms. The average Bonchev–Trinajstić information content (AvgIpc) is 3.42. The molecule has 2 aromatic heterocycles. The maximum Gasteiger partial charge on any atom is 0.295 e. The number of carbonyl (C=O) groups is 2. The summed E-state index contributed by atoms with van der Waals surface area (Å²) in [6.07, 6.45) is 2.12. The molecule has 1 atom stereocenters. The second-order valence-corrected chi connectivity index (χ2v) is 8.45. The molecule has 1 aliphatic rings. The Kier molecular flexibility index (Phi) is 5.50. The molecular weight excluding hydrogens is 423 g/mol. The molecule has 1 aliphatic heterocycles. The van der Waals surface area contributed by atoms with Crippen molar-refractivity contribution < 1.29 is 18.5 Å². The van der Waals surface area contributed by atoms with Crippen molar-refractivity contribution in [3.8, 4) is 11.4 Å². The van der Waals surface area contributed by atoms with Crippen LogP contribution in [0.3, 0.4) is 0 Å². The van der Waals surface area contributed by atoms with Gasteiger partial charge in [0.25, 0.3) is 11.7 Å². The minimum Gasteiger partial charge on any atom is -0.358 e. The Morgan fingerprint density at radius 2 is 1.97 bits per heavy atom. The monoisotopic (exact) mass is 446 g/mol. The molecule has 1 N–H and O–H groups in total. The Hall–Kier alpha value is -3.81. The van der Waals surface area contributed by atoms with E-state index in [9.17, 15) is 14.0 Å². The first kappa shape index (κ1) is 21.1. The number of aryl methyl sites for hydroxylation is 1. The minimum atomic E-state index is -0.495. The molecule has 4 aromatic rings. The van der Waals surface area contributed by atoms with Crippen molar-refractivity contribution in [3.63, 3.8) is 0 Å². The number of para-hydroxylation sites is 1. The lowest BCUT2D eigenvalue weighted by Crippen LogP contribution is -2.44. The van der Waals surface area contributed by atoms with E-state index in [1.165, 1.54) is 6.07 Å². The molecule has 1 amide bonds. The van der Waals surface area contributed by atoms with E-state index in [0.717, 1.165) is 23.7 Å². The number of halogens is 1. The van der Waals surface area contributed by atoms with Gasteiger partial charge in [0.2, 0.25) is 11.7 Å². The van der Waals surface area contributed by atoms with Gasteiger partial charge in [-0.25, -0.2) is 4.39 Å². The van der Waals surface area contributed by atoms with Crippen LogP contribution < -0.4 is 0 Å². The molecule has 168 valence electrons. The quantitative estimate of drug-likeness (QED) is 0.364. The number of nitrogens with zero attached hydrogens (tertiary/aromatic N) is 3. The zero-order valence-corrected chi connectivity index (χ0v) is 18.2. The average molecular weight is 446 g/mol. The SMILES string of the molecule is Cc1[nH]c2ccccc2c1C(=O)C(=O)N1CCCC(Cc2nc(-c3ccccc3F)no2)C1. The zero-order chi connectivity index (χ0) is 22.9. The third-order valence-corrected chi connectivity index (χ3v) is 6.17. The Bertz CT molecular complexity index is 1340. The number of nitrogens with one attached hydrogen (secondary N) is 1. The number of H-pyrrole nitrogens is 1. The molecule has 1 unspecified atom stereocenters. The zero-order valence-electron chi connectivity index (χ0n) is 18.2. The van der Waals surface area contributed by atoms with Crippen LogP contribution >= 0.6 is 0 Å². The fraction of sp³-hybridized carbons (Fsp3) is 0.280. The molecule has 0 radical (unpaired) electrons. The van der Waals surface area contributed by atoms with E-state index in [4.69, 9.17) is 4.52 Å². The molecule has 3 heterocycles. The van der Waals surface area contributed by atoms with Crippen LogP contribution in [0.4, 0.5) is 4.39 Å². The highest BCUT2D eigenvalue weighted by atomic mass is 19.1. The molecule has 33 heavy (non-hydrogen) atoms. The molecule has 0 bridgehead atoms. The summed E-state index contributed by atoms with van der Waals surface area (Å²) in [6.45, 7) is 2.78. The van der Waals surface area contributed by atoms with E-state index >= 15 is 0 Å². The molecule has 1 saturated heterocycles. The van der Waals surface area contributed by atoms with E-state index in [0.29, 0.717) is 36.7 Å². The molecule has 0 aliphatic carbocycles. The number of Topliss-reactive ketones (excluding diaryl/α,β-unsaturated/α-hetero) is 1. The van der Waals surface area contributed by atoms with Gasteiger partial charge >= 0.3 is 0 Å². The van der Waals surface area contributed by atoms with Crippen LogP contribution in [0.25, 0.3) is 22.3 Å². The highest BCUT2D eigenvalue weighted by Crippen LogP contribution is 2.26. The summed E-state index contributed by atoms with van der Waals surface area (Å²) in [6, 6.07) is 13.7. The van der Waals surface area contributed by atoms with Crippen LogP contribution in [-0.2, 0) is 11.2 Å². The van der Waals surface area contributed by atoms with Gasteiger partial charge in [0, 0.05) is 36.1 Å². The first-order chi connectivity index (χ1) is 16.0. The summed E-state index contributed by atoms with van der Waals surface area (Å²) in [5, 5.41) is 4.66. The van der Waals surface area contributed by atoms with Crippen molar-refractivity contribution in [2.75, 3.05) is 13.1 Å². The second-order valence-electron chi connectivity index (χ2n) is 8.45. The van der Waals surface area contributed by atoms with Gasteiger partial charge < -0.3 is 14.4 Å². The molecule has 5 rings (SSSR count). The predicted molar refractivity (Wildman–Crippen MR) is 120 cm³/mol. The summed E-state index contributed by atoms with van der Waals surface area (Å²) in [4.78, 5) is 35.3. The maximum atomic E-state index is 14.0. The van der Waals surface area contributed by atoms with Gasteiger partial charge in [-0.05, 0) is 43.9 Å². The molecule has 8 heteroatoms. The largest absolute Gasteiger partial charge is 0.358 e. The van der Waals surface area contributed by atoms with Gasteiger partial charge in [0.15, 0.2) is 0 Å². The highest BCUT2D eigenvalue weighted by Gasteiger charge is 2.31. The topological polar surface area (TPSA) is 92.1 Å². The van der Waals surface area contributed by atoms with Gasteiger partial charge in [0.1, 0.15) is 5.82 Å². The van der Waals surface area contributed by atoms with Crippen LogP contribution in [0.1, 0.15) is 34.8 Å². The summed E-state index contributed by atoms with van der Waals surface area (Å²) in [7, 11) is 0. The third-order valence-electron chi connectivity index (χ3n) is 6.17. The Balaban J connectivity index is 1.29. The Labute approximate surface area is 189 Å². The third kappa shape index (κ3) is 4.04. The normalized spacial score (nSPS) is 16.3. The smallest absolute Gasteiger partial charge is 0.295 e. The number of aromatic amines is 1. The van der Waals surface area contributed by atoms with E-state index < -0.39 is 17.5 Å². The van der Waals surface area contributed by atoms with Crippen LogP contribution in [0.5, 0.6) is 0 Å². The van der Waals surface area contributed by atoms with Gasteiger partial charge in [-0.3, -0.25) is 9.59 Å². The fourth-order valence-corrected chi connectivity index (χ4v) is 4.57. The molecule has 1 fully saturated rings. The number of likely N-dealkylation sites (tertiary alicyclic amines) is 1. The lowest BCUT2D eigenvalue weighted by Gasteiger charge is -2.31. The number of ketones is 1. The molecule has 7 nitrogen and oxygen atoms in total. The van der Waals surface area contributed by atoms with E-state index in [1.54, 1.807) is 23.1 Å². The van der Waals surface area contributed by atoms with Crippen LogP contribution in [0, 0.1) is 18.7 Å². The lowest BCUT2D eigenvalue weighted by atomic mass is 9.94. The standard InChI is InChI=1S/C25H23FN4O3/c1-15-22(18-9-3-5-11-20(18)27-15)23(31)25(32)30-12-6-7-16(14-30)13-21-28-24(29-33-21)17-8-2-4-10-19(17)26/h2-5,8-11,16,27H,6-7,12-14H2,1H3. The lowest BCUT2D eigenvalue weighted by molar-refractivity contribution is -0.128. The van der Waals surface area contributed by atoms with Crippen molar-refractivity contribution in [1.82, 2.24) is 20.0 Å². The Morgan fingerprint density at radius 3 is 2.82 bits per heavy atom. The molecule has 0 saturated carbocycles. The van der Waals surface area contributed by atoms with E-state index in [2.05, 4.69) is 15.1 Å². The van der Waals surface area contributed by atoms with Crippen LogP contribution in [0.15, 0.2) is 53.1 Å². The number of hydrogen-bond donors (Lipinski definition) is 1. The first-order valence-electron chi connectivity index (χ1n) is 11.0. The fourth-order valence-electron chi connectivity index (χ4n) is 4.57.